The number of anilines is 1. The van der Waals surface area contributed by atoms with E-state index in [2.05, 4.69) is 49.0 Å². The van der Waals surface area contributed by atoms with Crippen LogP contribution in [0.4, 0.5) is 10.3 Å². The van der Waals surface area contributed by atoms with Gasteiger partial charge in [0.2, 0.25) is 5.95 Å². The first-order valence-electron chi connectivity index (χ1n) is 16.6. The zero-order valence-electron chi connectivity index (χ0n) is 28.6. The minimum absolute atomic E-state index is 0.0406. The second kappa shape index (κ2) is 16.1. The molecule has 2 atom stereocenters. The summed E-state index contributed by atoms with van der Waals surface area (Å²) in [4.78, 5) is 29.1. The Morgan fingerprint density at radius 1 is 1.04 bits per heavy atom. The van der Waals surface area contributed by atoms with Gasteiger partial charge >= 0.3 is 5.97 Å². The first kappa shape index (κ1) is 35.6. The molecule has 0 radical (unpaired) electrons. The Labute approximate surface area is 283 Å². The molecular weight excluding hydrogens is 632 g/mol. The van der Waals surface area contributed by atoms with Crippen molar-refractivity contribution in [3.63, 3.8) is 0 Å². The van der Waals surface area contributed by atoms with Crippen molar-refractivity contribution in [1.29, 1.82) is 0 Å². The number of esters is 1. The van der Waals surface area contributed by atoms with Gasteiger partial charge in [0.05, 0.1) is 43.5 Å². The summed E-state index contributed by atoms with van der Waals surface area (Å²) >= 11 is 0. The Morgan fingerprint density at radius 3 is 2.48 bits per heavy atom. The fourth-order valence-electron chi connectivity index (χ4n) is 4.92. The number of aromatic nitrogens is 2. The van der Waals surface area contributed by atoms with Gasteiger partial charge in [0.15, 0.2) is 14.6 Å². The summed E-state index contributed by atoms with van der Waals surface area (Å²) in [6, 6.07) is 14.2. The van der Waals surface area contributed by atoms with E-state index in [-0.39, 0.29) is 42.9 Å². The van der Waals surface area contributed by atoms with E-state index in [4.69, 9.17) is 23.5 Å². The first-order chi connectivity index (χ1) is 23.0. The number of hydrogen-bond acceptors (Lipinski definition) is 10. The summed E-state index contributed by atoms with van der Waals surface area (Å²) in [5.74, 6) is -0.403. The number of rotatable bonds is 14. The molecule has 5 rings (SSSR count). The van der Waals surface area contributed by atoms with Crippen LogP contribution in [0.25, 0.3) is 11.1 Å². The number of ether oxygens (including phenoxy) is 3. The van der Waals surface area contributed by atoms with Crippen LogP contribution in [-0.4, -0.2) is 75.8 Å². The number of oxime groups is 1. The van der Waals surface area contributed by atoms with Crippen LogP contribution >= 0.6 is 0 Å². The van der Waals surface area contributed by atoms with E-state index in [1.807, 2.05) is 17.0 Å². The lowest BCUT2D eigenvalue weighted by Crippen LogP contribution is -2.48. The summed E-state index contributed by atoms with van der Waals surface area (Å²) in [5.41, 5.74) is 2.89. The van der Waals surface area contributed by atoms with Crippen LogP contribution in [0.1, 0.15) is 56.0 Å². The standard InChI is InChI=1S/C36H47FN4O6Si/c1-36(2,3)48(4,5)47-25-28-14-11-15-31(33(28)37)29-18-38-35(39-19-29)41-20-30(21-41)40-46-24-26(22-44-32-16-9-10-17-43-32)23-45-34(42)27-12-7-6-8-13-27/h6-8,11-15,18-19,26,32H,9-10,16-17,20-25H2,1-5H3. The molecule has 0 aliphatic carbocycles. The van der Waals surface area contributed by atoms with Gasteiger partial charge in [0.1, 0.15) is 19.0 Å². The lowest BCUT2D eigenvalue weighted by molar-refractivity contribution is -0.173. The van der Waals surface area contributed by atoms with Gasteiger partial charge in [-0.3, -0.25) is 0 Å². The highest BCUT2D eigenvalue weighted by atomic mass is 28.4. The maximum Gasteiger partial charge on any atom is 0.338 e. The molecule has 1 aromatic heterocycles. The summed E-state index contributed by atoms with van der Waals surface area (Å²) in [5, 5.41) is 4.34. The Hall–Kier alpha value is -3.71. The molecule has 2 saturated heterocycles. The molecule has 2 unspecified atom stereocenters. The van der Waals surface area contributed by atoms with Crippen LogP contribution in [0.2, 0.25) is 18.1 Å². The fourth-order valence-corrected chi connectivity index (χ4v) is 5.87. The molecule has 2 fully saturated rings. The third-order valence-corrected chi connectivity index (χ3v) is 13.5. The quantitative estimate of drug-likeness (QED) is 0.101. The second-order valence-electron chi connectivity index (χ2n) is 13.9. The normalized spacial score (nSPS) is 17.4. The number of nitrogens with zero attached hydrogens (tertiary/aromatic N) is 4. The van der Waals surface area contributed by atoms with Gasteiger partial charge in [-0.15, -0.1) is 0 Å². The number of halogens is 1. The SMILES string of the molecule is CC(C)(C)[Si](C)(C)OCc1cccc(-c2cnc(N3CC(=NOCC(COC(=O)c4ccccc4)COC4CCCCO4)C3)nc2)c1F. The van der Waals surface area contributed by atoms with Crippen LogP contribution in [0.15, 0.2) is 66.1 Å². The molecule has 0 saturated carbocycles. The molecule has 0 bridgehead atoms. The molecule has 2 aliphatic rings. The van der Waals surface area contributed by atoms with Crippen molar-refractivity contribution in [3.05, 3.63) is 77.9 Å². The van der Waals surface area contributed by atoms with E-state index in [9.17, 15) is 4.79 Å². The number of carbonyl (C=O) groups is 1. The predicted octanol–water partition coefficient (Wildman–Crippen LogP) is 7.01. The summed E-state index contributed by atoms with van der Waals surface area (Å²) < 4.78 is 39.0. The van der Waals surface area contributed by atoms with Crippen LogP contribution in [-0.2, 0) is 30.1 Å². The van der Waals surface area contributed by atoms with Crippen molar-refractivity contribution >= 4 is 25.9 Å². The Bertz CT molecular complexity index is 1520. The topological polar surface area (TPSA) is 105 Å². The van der Waals surface area contributed by atoms with E-state index >= 15 is 4.39 Å². The predicted molar refractivity (Wildman–Crippen MR) is 185 cm³/mol. The summed E-state index contributed by atoms with van der Waals surface area (Å²) in [6.45, 7) is 13.4. The molecule has 10 nitrogen and oxygen atoms in total. The average Bonchev–Trinajstić information content (AvgIpc) is 3.06. The van der Waals surface area contributed by atoms with Crippen LogP contribution in [0, 0.1) is 11.7 Å². The highest BCUT2D eigenvalue weighted by molar-refractivity contribution is 6.74. The molecule has 258 valence electrons. The van der Waals surface area contributed by atoms with E-state index in [0.29, 0.717) is 54.5 Å². The molecule has 3 aromatic rings. The molecule has 0 N–H and O–H groups in total. The largest absolute Gasteiger partial charge is 0.462 e. The number of carbonyl (C=O) groups excluding carboxylic acids is 1. The third-order valence-electron chi connectivity index (χ3n) is 9.07. The van der Waals surface area contributed by atoms with Gasteiger partial charge in [0.25, 0.3) is 0 Å². The lowest BCUT2D eigenvalue weighted by Gasteiger charge is -2.36. The molecule has 12 heteroatoms. The average molecular weight is 679 g/mol. The maximum absolute atomic E-state index is 15.5. The minimum atomic E-state index is -2.02. The van der Waals surface area contributed by atoms with Gasteiger partial charge < -0.3 is 28.4 Å². The molecule has 3 heterocycles. The van der Waals surface area contributed by atoms with Gasteiger partial charge in [-0.2, -0.15) is 0 Å². The Morgan fingerprint density at radius 2 is 1.79 bits per heavy atom. The zero-order chi connectivity index (χ0) is 34.1. The van der Waals surface area contributed by atoms with Gasteiger partial charge in [-0.1, -0.05) is 62.3 Å². The number of benzene rings is 2. The van der Waals surface area contributed by atoms with Gasteiger partial charge in [-0.05, 0) is 49.5 Å². The Kier molecular flexibility index (Phi) is 12.0. The van der Waals surface area contributed by atoms with Crippen molar-refractivity contribution in [2.75, 3.05) is 44.4 Å². The number of hydrogen-bond donors (Lipinski definition) is 0. The van der Waals surface area contributed by atoms with Crippen LogP contribution in [0.5, 0.6) is 0 Å². The fraction of sp³-hybridized carbons (Fsp3) is 0.500. The monoisotopic (exact) mass is 678 g/mol. The zero-order valence-corrected chi connectivity index (χ0v) is 29.6. The van der Waals surface area contributed by atoms with Crippen molar-refractivity contribution in [3.8, 4) is 11.1 Å². The highest BCUT2D eigenvalue weighted by Gasteiger charge is 2.37. The summed E-state index contributed by atoms with van der Waals surface area (Å²) in [7, 11) is -2.02. The van der Waals surface area contributed by atoms with Gasteiger partial charge in [-0.25, -0.2) is 19.2 Å². The summed E-state index contributed by atoms with van der Waals surface area (Å²) in [6.07, 6.45) is 5.95. The van der Waals surface area contributed by atoms with Crippen molar-refractivity contribution in [1.82, 2.24) is 9.97 Å². The molecular formula is C36H47FN4O6Si. The van der Waals surface area contributed by atoms with Crippen LogP contribution in [0.3, 0.4) is 0 Å². The smallest absolute Gasteiger partial charge is 0.338 e. The van der Waals surface area contributed by atoms with E-state index in [0.717, 1.165) is 25.0 Å². The van der Waals surface area contributed by atoms with E-state index in [1.165, 1.54) is 0 Å². The van der Waals surface area contributed by atoms with Crippen LogP contribution < -0.4 is 4.90 Å². The van der Waals surface area contributed by atoms with E-state index in [1.54, 1.807) is 48.8 Å². The second-order valence-corrected chi connectivity index (χ2v) is 18.7. The molecule has 0 spiro atoms. The van der Waals surface area contributed by atoms with Crippen molar-refractivity contribution < 1.29 is 32.7 Å². The molecule has 48 heavy (non-hydrogen) atoms. The molecule has 2 aromatic carbocycles. The lowest BCUT2D eigenvalue weighted by atomic mass is 10.1. The molecule has 0 amide bonds. The minimum Gasteiger partial charge on any atom is -0.462 e. The van der Waals surface area contributed by atoms with E-state index < -0.39 is 14.3 Å². The molecule has 2 aliphatic heterocycles. The van der Waals surface area contributed by atoms with Crippen molar-refractivity contribution in [2.45, 2.75) is 71.1 Å². The van der Waals surface area contributed by atoms with Gasteiger partial charge in [0, 0.05) is 35.7 Å². The van der Waals surface area contributed by atoms with Crippen molar-refractivity contribution in [2.24, 2.45) is 11.1 Å². The maximum atomic E-state index is 15.5. The third kappa shape index (κ3) is 9.46. The first-order valence-corrected chi connectivity index (χ1v) is 19.5. The Balaban J connectivity index is 1.12. The highest BCUT2D eigenvalue weighted by Crippen LogP contribution is 2.37.